The lowest BCUT2D eigenvalue weighted by molar-refractivity contribution is -0.915. The van der Waals surface area contributed by atoms with E-state index in [0.29, 0.717) is 13.1 Å². The van der Waals surface area contributed by atoms with E-state index in [-0.39, 0.29) is 35.1 Å². The Kier molecular flexibility index (Phi) is 8.51. The Morgan fingerprint density at radius 1 is 1.64 bits per heavy atom. The highest BCUT2D eigenvalue weighted by molar-refractivity contribution is 4.83. The van der Waals surface area contributed by atoms with Crippen molar-refractivity contribution in [1.82, 2.24) is 0 Å². The van der Waals surface area contributed by atoms with Crippen molar-refractivity contribution in [2.75, 3.05) is 33.5 Å². The van der Waals surface area contributed by atoms with Gasteiger partial charge in [0.25, 0.3) is 0 Å². The number of quaternary nitrogens is 1. The molecule has 0 fully saturated rings. The molecular formula is C7H13FINO. The van der Waals surface area contributed by atoms with E-state index in [9.17, 15) is 4.39 Å². The lowest BCUT2D eigenvalue weighted by Crippen LogP contribution is -3.00. The average molecular weight is 273 g/mol. The Bertz CT molecular complexity index is 137. The third-order valence-electron chi connectivity index (χ3n) is 1.40. The van der Waals surface area contributed by atoms with Crippen molar-refractivity contribution in [3.8, 4) is 12.3 Å². The molecule has 0 aliphatic heterocycles. The fourth-order valence-electron chi connectivity index (χ4n) is 0.643. The second kappa shape index (κ2) is 6.83. The van der Waals surface area contributed by atoms with Gasteiger partial charge in [0.2, 0.25) is 6.80 Å². The first-order valence-electron chi connectivity index (χ1n) is 3.12. The zero-order valence-electron chi connectivity index (χ0n) is 6.56. The van der Waals surface area contributed by atoms with E-state index in [0.717, 1.165) is 0 Å². The molecule has 4 heteroatoms. The highest BCUT2D eigenvalue weighted by Gasteiger charge is 2.17. The molecule has 0 heterocycles. The molecule has 0 rings (SSSR count). The molecule has 0 radical (unpaired) electrons. The summed E-state index contributed by atoms with van der Waals surface area (Å²) in [6, 6.07) is 0. The largest absolute Gasteiger partial charge is 1.00 e. The topological polar surface area (TPSA) is 20.2 Å². The number of likely N-dealkylation sites (N-methyl/N-ethyl adjacent to an activating group) is 1. The maximum atomic E-state index is 12.2. The minimum absolute atomic E-state index is 0. The molecule has 0 aromatic heterocycles. The SMILES string of the molecule is C#CC[N@+](C)(CF)CCO.[I-]. The number of halogens is 2. The summed E-state index contributed by atoms with van der Waals surface area (Å²) in [5.41, 5.74) is 0. The molecule has 0 aromatic rings. The normalized spacial score (nSPS) is 14.4. The van der Waals surface area contributed by atoms with Crippen LogP contribution in [0.15, 0.2) is 0 Å². The van der Waals surface area contributed by atoms with E-state index < -0.39 is 6.80 Å². The van der Waals surface area contributed by atoms with Crippen molar-refractivity contribution in [2.24, 2.45) is 0 Å². The third-order valence-corrected chi connectivity index (χ3v) is 1.40. The number of hydrogen-bond acceptors (Lipinski definition) is 1. The molecule has 11 heavy (non-hydrogen) atoms. The van der Waals surface area contributed by atoms with Crippen LogP contribution in [0.2, 0.25) is 0 Å². The molecule has 0 spiro atoms. The predicted molar refractivity (Wildman–Crippen MR) is 37.8 cm³/mol. The minimum Gasteiger partial charge on any atom is -1.00 e. The predicted octanol–water partition coefficient (Wildman–Crippen LogP) is -3.01. The maximum absolute atomic E-state index is 12.2. The van der Waals surface area contributed by atoms with Gasteiger partial charge in [0.1, 0.15) is 13.1 Å². The second-order valence-corrected chi connectivity index (χ2v) is 2.55. The smallest absolute Gasteiger partial charge is 0.222 e. The Labute approximate surface area is 84.0 Å². The van der Waals surface area contributed by atoms with Crippen molar-refractivity contribution >= 4 is 0 Å². The summed E-state index contributed by atoms with van der Waals surface area (Å²) in [6.45, 7) is 0.157. The number of aliphatic hydroxyl groups is 1. The van der Waals surface area contributed by atoms with Crippen molar-refractivity contribution < 1.29 is 38.0 Å². The number of aliphatic hydroxyl groups excluding tert-OH is 1. The fourth-order valence-corrected chi connectivity index (χ4v) is 0.643. The van der Waals surface area contributed by atoms with Crippen LogP contribution in [-0.2, 0) is 0 Å². The Morgan fingerprint density at radius 2 is 2.18 bits per heavy atom. The number of terminal acetylenes is 1. The van der Waals surface area contributed by atoms with Crippen molar-refractivity contribution in [1.29, 1.82) is 0 Å². The third kappa shape index (κ3) is 5.41. The number of alkyl halides is 1. The molecule has 0 unspecified atom stereocenters. The first-order valence-corrected chi connectivity index (χ1v) is 3.12. The monoisotopic (exact) mass is 273 g/mol. The molecule has 0 bridgehead atoms. The summed E-state index contributed by atoms with van der Waals surface area (Å²) in [5, 5.41) is 8.51. The molecule has 1 atom stereocenters. The van der Waals surface area contributed by atoms with Crippen LogP contribution in [0.1, 0.15) is 0 Å². The van der Waals surface area contributed by atoms with Crippen LogP contribution in [0, 0.1) is 12.3 Å². The molecule has 0 aliphatic carbocycles. The van der Waals surface area contributed by atoms with Gasteiger partial charge in [0.15, 0.2) is 0 Å². The molecular weight excluding hydrogens is 260 g/mol. The Hall–Kier alpha value is 0.140. The van der Waals surface area contributed by atoms with Crippen LogP contribution in [-0.4, -0.2) is 43.1 Å². The number of nitrogens with zero attached hydrogens (tertiary/aromatic N) is 1. The van der Waals surface area contributed by atoms with Crippen LogP contribution in [0.3, 0.4) is 0 Å². The summed E-state index contributed by atoms with van der Waals surface area (Å²) < 4.78 is 12.3. The van der Waals surface area contributed by atoms with Crippen molar-refractivity contribution in [2.45, 2.75) is 0 Å². The standard InChI is InChI=1S/C7H13FNO.HI/c1-3-4-9(2,7-8)5-6-10;/h1,10H,4-7H2,2H3;1H/q+1;/p-1/t9-;/m0./s1. The average Bonchev–Trinajstić information content (AvgIpc) is 1.89. The lowest BCUT2D eigenvalue weighted by atomic mass is 10.4. The lowest BCUT2D eigenvalue weighted by Gasteiger charge is -2.27. The van der Waals surface area contributed by atoms with Gasteiger partial charge in [-0.05, 0) is 5.92 Å². The van der Waals surface area contributed by atoms with E-state index in [1.807, 2.05) is 0 Å². The van der Waals surface area contributed by atoms with E-state index in [1.54, 1.807) is 7.05 Å². The quantitative estimate of drug-likeness (QED) is 0.250. The molecule has 2 nitrogen and oxygen atoms in total. The van der Waals surface area contributed by atoms with Crippen LogP contribution in [0.25, 0.3) is 0 Å². The Morgan fingerprint density at radius 3 is 2.45 bits per heavy atom. The summed E-state index contributed by atoms with van der Waals surface area (Å²) >= 11 is 0. The van der Waals surface area contributed by atoms with E-state index >= 15 is 0 Å². The van der Waals surface area contributed by atoms with Gasteiger partial charge in [-0.15, -0.1) is 6.42 Å². The van der Waals surface area contributed by atoms with Gasteiger partial charge in [-0.1, -0.05) is 0 Å². The van der Waals surface area contributed by atoms with Crippen molar-refractivity contribution in [3.63, 3.8) is 0 Å². The summed E-state index contributed by atoms with van der Waals surface area (Å²) in [6.07, 6.45) is 5.01. The molecule has 0 aliphatic rings. The van der Waals surface area contributed by atoms with Gasteiger partial charge in [-0.2, -0.15) is 4.39 Å². The van der Waals surface area contributed by atoms with Gasteiger partial charge >= 0.3 is 0 Å². The summed E-state index contributed by atoms with van der Waals surface area (Å²) in [4.78, 5) is 0. The van der Waals surface area contributed by atoms with E-state index in [4.69, 9.17) is 11.5 Å². The van der Waals surface area contributed by atoms with Gasteiger partial charge in [0, 0.05) is 0 Å². The molecule has 66 valence electrons. The maximum Gasteiger partial charge on any atom is 0.222 e. The zero-order valence-corrected chi connectivity index (χ0v) is 8.71. The van der Waals surface area contributed by atoms with Crippen LogP contribution in [0.4, 0.5) is 4.39 Å². The zero-order chi connectivity index (χ0) is 8.04. The van der Waals surface area contributed by atoms with Crippen LogP contribution < -0.4 is 24.0 Å². The van der Waals surface area contributed by atoms with Gasteiger partial charge in [0.05, 0.1) is 13.7 Å². The van der Waals surface area contributed by atoms with Crippen LogP contribution >= 0.6 is 0 Å². The van der Waals surface area contributed by atoms with Crippen molar-refractivity contribution in [3.05, 3.63) is 0 Å². The Balaban J connectivity index is 0. The molecule has 1 N–H and O–H groups in total. The highest BCUT2D eigenvalue weighted by Crippen LogP contribution is 1.99. The molecule has 0 saturated carbocycles. The van der Waals surface area contributed by atoms with Gasteiger partial charge < -0.3 is 29.1 Å². The van der Waals surface area contributed by atoms with Gasteiger partial charge in [-0.3, -0.25) is 4.48 Å². The number of hydrogen-bond donors (Lipinski definition) is 1. The second-order valence-electron chi connectivity index (χ2n) is 2.55. The van der Waals surface area contributed by atoms with E-state index in [1.165, 1.54) is 0 Å². The first-order chi connectivity index (χ1) is 4.68. The first kappa shape index (κ1) is 13.7. The summed E-state index contributed by atoms with van der Waals surface area (Å²) in [7, 11) is 1.68. The molecule has 0 saturated heterocycles. The molecule has 0 amide bonds. The summed E-state index contributed by atoms with van der Waals surface area (Å²) in [5.74, 6) is 2.37. The number of rotatable bonds is 4. The highest BCUT2D eigenvalue weighted by atomic mass is 127. The fraction of sp³-hybridized carbons (Fsp3) is 0.714. The van der Waals surface area contributed by atoms with Crippen LogP contribution in [0.5, 0.6) is 0 Å². The molecule has 0 aromatic carbocycles. The van der Waals surface area contributed by atoms with Gasteiger partial charge in [-0.25, -0.2) is 0 Å². The minimum atomic E-state index is -0.523. The van der Waals surface area contributed by atoms with E-state index in [2.05, 4.69) is 5.92 Å².